The van der Waals surface area contributed by atoms with Gasteiger partial charge in [0, 0.05) is 29.0 Å². The summed E-state index contributed by atoms with van der Waals surface area (Å²) in [5.74, 6) is 0. The first-order valence-corrected chi connectivity index (χ1v) is 6.71. The summed E-state index contributed by atoms with van der Waals surface area (Å²) in [5.41, 5.74) is 12.4. The summed E-state index contributed by atoms with van der Waals surface area (Å²) in [6, 6.07) is 9.88. The van der Waals surface area contributed by atoms with Gasteiger partial charge in [0.05, 0.1) is 17.3 Å². The van der Waals surface area contributed by atoms with Gasteiger partial charge in [-0.3, -0.25) is 9.97 Å². The van der Waals surface area contributed by atoms with Crippen LogP contribution in [0.25, 0.3) is 33.1 Å². The minimum Gasteiger partial charge on any atom is -0.464 e. The van der Waals surface area contributed by atoms with Gasteiger partial charge in [0.25, 0.3) is 0 Å². The zero-order chi connectivity index (χ0) is 14.4. The van der Waals surface area contributed by atoms with Crippen LogP contribution in [0.1, 0.15) is 5.56 Å². The third-order valence-corrected chi connectivity index (χ3v) is 3.67. The van der Waals surface area contributed by atoms with Gasteiger partial charge in [-0.25, -0.2) is 0 Å². The SMILES string of the molecule is Cc1coc2ccc(-c3cc(N)cc4nccnc34)cc12. The molecule has 102 valence electrons. The Morgan fingerprint density at radius 2 is 1.90 bits per heavy atom. The van der Waals surface area contributed by atoms with Crippen molar-refractivity contribution >= 4 is 27.7 Å². The molecule has 0 amide bonds. The Hall–Kier alpha value is -2.88. The number of rotatable bonds is 1. The number of nitrogens with zero attached hydrogens (tertiary/aromatic N) is 2. The Morgan fingerprint density at radius 1 is 1.05 bits per heavy atom. The summed E-state index contributed by atoms with van der Waals surface area (Å²) in [6.45, 7) is 2.03. The Bertz CT molecular complexity index is 972. The molecule has 0 aliphatic heterocycles. The van der Waals surface area contributed by atoms with Gasteiger partial charge in [-0.2, -0.15) is 0 Å². The summed E-state index contributed by atoms with van der Waals surface area (Å²) in [5, 5.41) is 1.10. The van der Waals surface area contributed by atoms with E-state index in [9.17, 15) is 0 Å². The van der Waals surface area contributed by atoms with Crippen molar-refractivity contribution in [3.63, 3.8) is 0 Å². The van der Waals surface area contributed by atoms with Crippen LogP contribution in [0.4, 0.5) is 5.69 Å². The quantitative estimate of drug-likeness (QED) is 0.534. The predicted octanol–water partition coefficient (Wildman–Crippen LogP) is 3.93. The van der Waals surface area contributed by atoms with Crippen molar-refractivity contribution in [3.8, 4) is 11.1 Å². The molecule has 21 heavy (non-hydrogen) atoms. The number of hydrogen-bond donors (Lipinski definition) is 1. The number of aromatic nitrogens is 2. The van der Waals surface area contributed by atoms with E-state index in [2.05, 4.69) is 16.0 Å². The van der Waals surface area contributed by atoms with Gasteiger partial charge in [0.15, 0.2) is 0 Å². The molecule has 4 nitrogen and oxygen atoms in total. The lowest BCUT2D eigenvalue weighted by Crippen LogP contribution is -1.92. The van der Waals surface area contributed by atoms with Gasteiger partial charge in [-0.15, -0.1) is 0 Å². The second-order valence-electron chi connectivity index (χ2n) is 5.12. The van der Waals surface area contributed by atoms with Crippen molar-refractivity contribution in [2.24, 2.45) is 0 Å². The van der Waals surface area contributed by atoms with E-state index in [1.165, 1.54) is 0 Å². The van der Waals surface area contributed by atoms with Crippen molar-refractivity contribution in [2.75, 3.05) is 5.73 Å². The van der Waals surface area contributed by atoms with E-state index in [4.69, 9.17) is 10.2 Å². The van der Waals surface area contributed by atoms with Crippen molar-refractivity contribution in [1.29, 1.82) is 0 Å². The van der Waals surface area contributed by atoms with E-state index in [-0.39, 0.29) is 0 Å². The summed E-state index contributed by atoms with van der Waals surface area (Å²) < 4.78 is 5.50. The van der Waals surface area contributed by atoms with Crippen LogP contribution in [-0.4, -0.2) is 9.97 Å². The summed E-state index contributed by atoms with van der Waals surface area (Å²) in [7, 11) is 0. The lowest BCUT2D eigenvalue weighted by molar-refractivity contribution is 0.613. The Kier molecular flexibility index (Phi) is 2.44. The molecule has 2 heterocycles. The standard InChI is InChI=1S/C17H13N3O/c1-10-9-21-16-3-2-11(6-13(10)16)14-7-12(18)8-15-17(14)20-5-4-19-15/h2-9H,18H2,1H3. The van der Waals surface area contributed by atoms with Crippen LogP contribution in [0.5, 0.6) is 0 Å². The highest BCUT2D eigenvalue weighted by Crippen LogP contribution is 2.32. The maximum absolute atomic E-state index is 6.00. The van der Waals surface area contributed by atoms with Gasteiger partial charge in [0.2, 0.25) is 0 Å². The fourth-order valence-corrected chi connectivity index (χ4v) is 2.64. The second-order valence-corrected chi connectivity index (χ2v) is 5.12. The summed E-state index contributed by atoms with van der Waals surface area (Å²) >= 11 is 0. The van der Waals surface area contributed by atoms with Crippen molar-refractivity contribution in [3.05, 3.63) is 54.6 Å². The smallest absolute Gasteiger partial charge is 0.134 e. The highest BCUT2D eigenvalue weighted by Gasteiger charge is 2.10. The number of anilines is 1. The molecule has 0 aliphatic carbocycles. The van der Waals surface area contributed by atoms with Crippen LogP contribution >= 0.6 is 0 Å². The average molecular weight is 275 g/mol. The first-order valence-electron chi connectivity index (χ1n) is 6.71. The summed E-state index contributed by atoms with van der Waals surface area (Å²) in [4.78, 5) is 8.78. The molecule has 2 aromatic heterocycles. The van der Waals surface area contributed by atoms with E-state index in [0.717, 1.165) is 38.7 Å². The predicted molar refractivity (Wildman–Crippen MR) is 83.9 cm³/mol. The molecule has 0 aliphatic rings. The zero-order valence-corrected chi connectivity index (χ0v) is 11.5. The number of nitrogens with two attached hydrogens (primary N) is 1. The van der Waals surface area contributed by atoms with E-state index in [1.807, 2.05) is 31.2 Å². The van der Waals surface area contributed by atoms with Gasteiger partial charge in [0.1, 0.15) is 5.58 Å². The number of benzene rings is 2. The molecule has 0 spiro atoms. The van der Waals surface area contributed by atoms with E-state index in [0.29, 0.717) is 5.69 Å². The number of furan rings is 1. The van der Waals surface area contributed by atoms with Gasteiger partial charge >= 0.3 is 0 Å². The lowest BCUT2D eigenvalue weighted by Gasteiger charge is -2.07. The van der Waals surface area contributed by atoms with E-state index >= 15 is 0 Å². The first kappa shape index (κ1) is 11.9. The summed E-state index contributed by atoms with van der Waals surface area (Å²) in [6.07, 6.45) is 5.14. The fraction of sp³-hybridized carbons (Fsp3) is 0.0588. The third kappa shape index (κ3) is 1.84. The molecule has 0 bridgehead atoms. The minimum atomic E-state index is 0.682. The molecule has 2 aromatic carbocycles. The Labute approximate surface area is 121 Å². The first-order chi connectivity index (χ1) is 10.2. The zero-order valence-electron chi connectivity index (χ0n) is 11.5. The van der Waals surface area contributed by atoms with Crippen molar-refractivity contribution < 1.29 is 4.42 Å². The molecule has 0 saturated carbocycles. The van der Waals surface area contributed by atoms with Crippen LogP contribution in [0.15, 0.2) is 53.4 Å². The number of fused-ring (bicyclic) bond motifs is 2. The van der Waals surface area contributed by atoms with Crippen LogP contribution < -0.4 is 5.73 Å². The molecule has 0 radical (unpaired) electrons. The van der Waals surface area contributed by atoms with Crippen molar-refractivity contribution in [2.45, 2.75) is 6.92 Å². The maximum atomic E-state index is 6.00. The van der Waals surface area contributed by atoms with Gasteiger partial charge in [-0.05, 0) is 42.3 Å². The topological polar surface area (TPSA) is 64.9 Å². The monoisotopic (exact) mass is 275 g/mol. The van der Waals surface area contributed by atoms with Crippen LogP contribution in [0.2, 0.25) is 0 Å². The maximum Gasteiger partial charge on any atom is 0.134 e. The molecular weight excluding hydrogens is 262 g/mol. The largest absolute Gasteiger partial charge is 0.464 e. The van der Waals surface area contributed by atoms with Crippen molar-refractivity contribution in [1.82, 2.24) is 9.97 Å². The Morgan fingerprint density at radius 3 is 2.81 bits per heavy atom. The molecule has 4 rings (SSSR count). The molecule has 4 heteroatoms. The molecule has 0 fully saturated rings. The highest BCUT2D eigenvalue weighted by molar-refractivity contribution is 5.96. The second kappa shape index (κ2) is 4.31. The van der Waals surface area contributed by atoms with E-state index in [1.54, 1.807) is 18.7 Å². The van der Waals surface area contributed by atoms with Crippen LogP contribution in [-0.2, 0) is 0 Å². The number of hydrogen-bond acceptors (Lipinski definition) is 4. The van der Waals surface area contributed by atoms with Gasteiger partial charge < -0.3 is 10.2 Å². The molecule has 4 aromatic rings. The van der Waals surface area contributed by atoms with Crippen LogP contribution in [0, 0.1) is 6.92 Å². The number of nitrogen functional groups attached to an aromatic ring is 1. The molecule has 0 atom stereocenters. The Balaban J connectivity index is 2.05. The lowest BCUT2D eigenvalue weighted by atomic mass is 10.0. The van der Waals surface area contributed by atoms with Crippen LogP contribution in [0.3, 0.4) is 0 Å². The highest BCUT2D eigenvalue weighted by atomic mass is 16.3. The third-order valence-electron chi connectivity index (χ3n) is 3.67. The molecule has 0 saturated heterocycles. The number of aryl methyl sites for hydroxylation is 1. The molecule has 0 unspecified atom stereocenters. The molecular formula is C17H13N3O. The fourth-order valence-electron chi connectivity index (χ4n) is 2.64. The van der Waals surface area contributed by atoms with E-state index < -0.39 is 0 Å². The average Bonchev–Trinajstić information content (AvgIpc) is 2.87. The van der Waals surface area contributed by atoms with Gasteiger partial charge in [-0.1, -0.05) is 6.07 Å². The normalized spacial score (nSPS) is 11.3. The molecule has 2 N–H and O–H groups in total. The minimum absolute atomic E-state index is 0.682.